The van der Waals surface area contributed by atoms with Gasteiger partial charge >= 0.3 is 0 Å². The molecule has 1 aromatic carbocycles. The monoisotopic (exact) mass is 248 g/mol. The molecule has 0 aliphatic heterocycles. The zero-order chi connectivity index (χ0) is 13.2. The van der Waals surface area contributed by atoms with Crippen molar-refractivity contribution in [3.8, 4) is 0 Å². The average molecular weight is 248 g/mol. The Bertz CT molecular complexity index is 401. The van der Waals surface area contributed by atoms with Crippen LogP contribution in [0.1, 0.15) is 43.7 Å². The number of ether oxygens (including phenoxy) is 1. The van der Waals surface area contributed by atoms with Crippen LogP contribution in [0.3, 0.4) is 0 Å². The molecular formula is C15H24N2O. The van der Waals surface area contributed by atoms with E-state index in [1.807, 2.05) is 0 Å². The second kappa shape index (κ2) is 5.39. The second-order valence-electron chi connectivity index (χ2n) is 5.43. The summed E-state index contributed by atoms with van der Waals surface area (Å²) in [5.74, 6) is 6.34. The molecule has 0 amide bonds. The fourth-order valence-electron chi connectivity index (χ4n) is 2.88. The van der Waals surface area contributed by atoms with E-state index in [1.165, 1.54) is 11.1 Å². The summed E-state index contributed by atoms with van der Waals surface area (Å²) in [5, 5.41) is 0. The van der Waals surface area contributed by atoms with Gasteiger partial charge in [0.2, 0.25) is 0 Å². The van der Waals surface area contributed by atoms with Crippen LogP contribution in [-0.4, -0.2) is 18.8 Å². The highest BCUT2D eigenvalue weighted by Crippen LogP contribution is 2.39. The molecule has 3 unspecified atom stereocenters. The lowest BCUT2D eigenvalue weighted by molar-refractivity contribution is -0.0333. The van der Waals surface area contributed by atoms with Crippen molar-refractivity contribution in [3.05, 3.63) is 35.4 Å². The van der Waals surface area contributed by atoms with Gasteiger partial charge in [-0.3, -0.25) is 11.3 Å². The number of nitrogens with one attached hydrogen (secondary N) is 1. The molecule has 3 heteroatoms. The fourth-order valence-corrected chi connectivity index (χ4v) is 2.88. The maximum atomic E-state index is 5.73. The number of benzene rings is 1. The average Bonchev–Trinajstić information content (AvgIpc) is 2.39. The summed E-state index contributed by atoms with van der Waals surface area (Å²) in [5.41, 5.74) is 5.71. The Labute approximate surface area is 110 Å². The van der Waals surface area contributed by atoms with Crippen molar-refractivity contribution in [2.75, 3.05) is 7.11 Å². The standard InChI is InChI=1S/C15H24N2O/c1-4-15(2,18-3)14(17-16)10-12-9-11-7-5-6-8-13(11)12/h5-8,12,14,17H,4,9-10,16H2,1-3H3. The zero-order valence-corrected chi connectivity index (χ0v) is 11.6. The van der Waals surface area contributed by atoms with Crippen LogP contribution in [0.2, 0.25) is 0 Å². The third kappa shape index (κ3) is 2.30. The van der Waals surface area contributed by atoms with E-state index in [-0.39, 0.29) is 11.6 Å². The molecule has 1 aromatic rings. The molecule has 0 saturated heterocycles. The summed E-state index contributed by atoms with van der Waals surface area (Å²) in [6, 6.07) is 8.86. The van der Waals surface area contributed by atoms with E-state index in [9.17, 15) is 0 Å². The van der Waals surface area contributed by atoms with Gasteiger partial charge in [0, 0.05) is 7.11 Å². The smallest absolute Gasteiger partial charge is 0.0814 e. The molecule has 18 heavy (non-hydrogen) atoms. The highest BCUT2D eigenvalue weighted by molar-refractivity contribution is 5.40. The highest BCUT2D eigenvalue weighted by atomic mass is 16.5. The highest BCUT2D eigenvalue weighted by Gasteiger charge is 2.36. The molecule has 0 saturated carbocycles. The first kappa shape index (κ1) is 13.5. The minimum Gasteiger partial charge on any atom is -0.377 e. The third-order valence-electron chi connectivity index (χ3n) is 4.59. The minimum atomic E-state index is -0.195. The molecule has 0 spiro atoms. The normalized spacial score (nSPS) is 22.8. The van der Waals surface area contributed by atoms with E-state index in [0.717, 1.165) is 19.3 Å². The SMILES string of the molecule is CCC(C)(OC)C(CC1Cc2ccccc21)NN. The Kier molecular flexibility index (Phi) is 4.05. The first-order valence-corrected chi connectivity index (χ1v) is 6.73. The summed E-state index contributed by atoms with van der Waals surface area (Å²) in [4.78, 5) is 0. The van der Waals surface area contributed by atoms with Gasteiger partial charge in [-0.05, 0) is 43.2 Å². The molecule has 1 aliphatic rings. The van der Waals surface area contributed by atoms with Crippen molar-refractivity contribution in [2.45, 2.75) is 50.7 Å². The van der Waals surface area contributed by atoms with Crippen LogP contribution in [0.5, 0.6) is 0 Å². The lowest BCUT2D eigenvalue weighted by atomic mass is 9.72. The number of fused-ring (bicyclic) bond motifs is 1. The van der Waals surface area contributed by atoms with Crippen LogP contribution in [0.15, 0.2) is 24.3 Å². The van der Waals surface area contributed by atoms with E-state index < -0.39 is 0 Å². The molecule has 0 bridgehead atoms. The predicted octanol–water partition coefficient (Wildman–Crippen LogP) is 2.36. The van der Waals surface area contributed by atoms with Gasteiger partial charge < -0.3 is 4.74 Å². The number of hydrogen-bond donors (Lipinski definition) is 2. The number of methoxy groups -OCH3 is 1. The molecular weight excluding hydrogens is 224 g/mol. The van der Waals surface area contributed by atoms with Crippen molar-refractivity contribution in [1.82, 2.24) is 5.43 Å². The first-order valence-electron chi connectivity index (χ1n) is 6.73. The van der Waals surface area contributed by atoms with Crippen LogP contribution < -0.4 is 11.3 Å². The predicted molar refractivity (Wildman–Crippen MR) is 74.3 cm³/mol. The Morgan fingerprint density at radius 3 is 2.78 bits per heavy atom. The third-order valence-corrected chi connectivity index (χ3v) is 4.59. The van der Waals surface area contributed by atoms with Crippen LogP contribution in [0.4, 0.5) is 0 Å². The van der Waals surface area contributed by atoms with E-state index in [2.05, 4.69) is 43.5 Å². The van der Waals surface area contributed by atoms with Crippen LogP contribution in [0.25, 0.3) is 0 Å². The van der Waals surface area contributed by atoms with Gasteiger partial charge in [0.25, 0.3) is 0 Å². The van der Waals surface area contributed by atoms with E-state index in [1.54, 1.807) is 7.11 Å². The van der Waals surface area contributed by atoms with Gasteiger partial charge in [0.1, 0.15) is 0 Å². The maximum absolute atomic E-state index is 5.73. The summed E-state index contributed by atoms with van der Waals surface area (Å²) in [6.45, 7) is 4.27. The number of rotatable bonds is 6. The largest absolute Gasteiger partial charge is 0.377 e. The van der Waals surface area contributed by atoms with E-state index >= 15 is 0 Å². The summed E-state index contributed by atoms with van der Waals surface area (Å²) in [7, 11) is 1.77. The Hall–Kier alpha value is -0.900. The number of hydrogen-bond acceptors (Lipinski definition) is 3. The molecule has 3 atom stereocenters. The van der Waals surface area contributed by atoms with Crippen molar-refractivity contribution < 1.29 is 4.74 Å². The Balaban J connectivity index is 2.05. The van der Waals surface area contributed by atoms with Gasteiger partial charge in [-0.1, -0.05) is 31.2 Å². The maximum Gasteiger partial charge on any atom is 0.0814 e. The summed E-state index contributed by atoms with van der Waals surface area (Å²) >= 11 is 0. The molecule has 0 radical (unpaired) electrons. The van der Waals surface area contributed by atoms with Crippen LogP contribution in [-0.2, 0) is 11.2 Å². The second-order valence-corrected chi connectivity index (χ2v) is 5.43. The molecule has 1 aliphatic carbocycles. The van der Waals surface area contributed by atoms with E-state index in [0.29, 0.717) is 5.92 Å². The lowest BCUT2D eigenvalue weighted by Gasteiger charge is -2.40. The van der Waals surface area contributed by atoms with E-state index in [4.69, 9.17) is 10.6 Å². The quantitative estimate of drug-likeness (QED) is 0.600. The molecule has 3 N–H and O–H groups in total. The topological polar surface area (TPSA) is 47.3 Å². The van der Waals surface area contributed by atoms with Gasteiger partial charge in [-0.15, -0.1) is 0 Å². The molecule has 100 valence electrons. The van der Waals surface area contributed by atoms with Crippen molar-refractivity contribution in [1.29, 1.82) is 0 Å². The summed E-state index contributed by atoms with van der Waals surface area (Å²) in [6.07, 6.45) is 3.15. The van der Waals surface area contributed by atoms with Gasteiger partial charge in [0.15, 0.2) is 0 Å². The fraction of sp³-hybridized carbons (Fsp3) is 0.600. The molecule has 0 fully saturated rings. The van der Waals surface area contributed by atoms with Crippen molar-refractivity contribution >= 4 is 0 Å². The van der Waals surface area contributed by atoms with Crippen molar-refractivity contribution in [3.63, 3.8) is 0 Å². The molecule has 0 heterocycles. The molecule has 2 rings (SSSR count). The first-order chi connectivity index (χ1) is 8.64. The summed E-state index contributed by atoms with van der Waals surface area (Å²) < 4.78 is 5.65. The van der Waals surface area contributed by atoms with Crippen molar-refractivity contribution in [2.24, 2.45) is 5.84 Å². The number of nitrogens with two attached hydrogens (primary N) is 1. The van der Waals surface area contributed by atoms with Gasteiger partial charge in [-0.2, -0.15) is 0 Å². The van der Waals surface area contributed by atoms with Gasteiger partial charge in [0.05, 0.1) is 11.6 Å². The molecule has 3 nitrogen and oxygen atoms in total. The Morgan fingerprint density at radius 2 is 2.22 bits per heavy atom. The zero-order valence-electron chi connectivity index (χ0n) is 11.6. The minimum absolute atomic E-state index is 0.186. The number of hydrazine groups is 1. The Morgan fingerprint density at radius 1 is 1.50 bits per heavy atom. The molecule has 0 aromatic heterocycles. The van der Waals surface area contributed by atoms with Crippen LogP contribution >= 0.6 is 0 Å². The van der Waals surface area contributed by atoms with Gasteiger partial charge in [-0.25, -0.2) is 0 Å². The lowest BCUT2D eigenvalue weighted by Crippen LogP contribution is -2.53. The van der Waals surface area contributed by atoms with Crippen LogP contribution in [0, 0.1) is 0 Å².